The predicted octanol–water partition coefficient (Wildman–Crippen LogP) is 4.76. The van der Waals surface area contributed by atoms with Crippen LogP contribution in [-0.4, -0.2) is 19.6 Å². The second-order valence-electron chi connectivity index (χ2n) is 6.60. The zero-order valence-corrected chi connectivity index (χ0v) is 14.2. The van der Waals surface area contributed by atoms with Crippen LogP contribution >= 0.6 is 0 Å². The Morgan fingerprint density at radius 2 is 1.81 bits per heavy atom. The molecule has 0 heterocycles. The fourth-order valence-corrected chi connectivity index (χ4v) is 3.65. The van der Waals surface area contributed by atoms with Crippen molar-refractivity contribution < 1.29 is 0 Å². The van der Waals surface area contributed by atoms with Crippen molar-refractivity contribution in [3.8, 4) is 0 Å². The van der Waals surface area contributed by atoms with Gasteiger partial charge in [0.05, 0.1) is 0 Å². The van der Waals surface area contributed by atoms with E-state index < -0.39 is 0 Å². The summed E-state index contributed by atoms with van der Waals surface area (Å²) in [4.78, 5) is 2.54. The summed E-state index contributed by atoms with van der Waals surface area (Å²) in [6, 6.07) is 10.1. The number of nitrogens with zero attached hydrogens (tertiary/aromatic N) is 1. The number of hydrogen-bond acceptors (Lipinski definition) is 2. The molecule has 1 aliphatic carbocycles. The molecular formula is C19H32N2. The Labute approximate surface area is 130 Å². The van der Waals surface area contributed by atoms with Gasteiger partial charge in [-0.15, -0.1) is 0 Å². The average molecular weight is 288 g/mol. The third-order valence-electron chi connectivity index (χ3n) is 5.08. The van der Waals surface area contributed by atoms with E-state index in [9.17, 15) is 0 Å². The molecule has 0 saturated heterocycles. The largest absolute Gasteiger partial charge is 0.371 e. The van der Waals surface area contributed by atoms with Gasteiger partial charge in [0.15, 0.2) is 0 Å². The van der Waals surface area contributed by atoms with Gasteiger partial charge in [-0.1, -0.05) is 39.0 Å². The Morgan fingerprint density at radius 1 is 1.14 bits per heavy atom. The molecule has 0 amide bonds. The molecule has 1 aromatic carbocycles. The van der Waals surface area contributed by atoms with Crippen molar-refractivity contribution in [2.24, 2.45) is 5.92 Å². The maximum Gasteiger partial charge on any atom is 0.0414 e. The molecule has 1 saturated carbocycles. The number of nitrogens with one attached hydrogen (secondary N) is 1. The summed E-state index contributed by atoms with van der Waals surface area (Å²) >= 11 is 0. The Kier molecular flexibility index (Phi) is 6.10. The maximum absolute atomic E-state index is 3.63. The van der Waals surface area contributed by atoms with Gasteiger partial charge in [0.1, 0.15) is 0 Å². The van der Waals surface area contributed by atoms with E-state index in [4.69, 9.17) is 0 Å². The number of para-hydroxylation sites is 1. The number of hydrogen-bond donors (Lipinski definition) is 1. The predicted molar refractivity (Wildman–Crippen MR) is 93.0 cm³/mol. The fourth-order valence-electron chi connectivity index (χ4n) is 3.65. The van der Waals surface area contributed by atoms with Gasteiger partial charge in [0, 0.05) is 24.8 Å². The van der Waals surface area contributed by atoms with Crippen molar-refractivity contribution in [1.82, 2.24) is 5.32 Å². The molecule has 0 radical (unpaired) electrons. The first-order valence-corrected chi connectivity index (χ1v) is 8.72. The minimum absolute atomic E-state index is 0.469. The van der Waals surface area contributed by atoms with Gasteiger partial charge < -0.3 is 10.2 Å². The van der Waals surface area contributed by atoms with Crippen LogP contribution in [0, 0.1) is 5.92 Å². The van der Waals surface area contributed by atoms with Gasteiger partial charge in [0.2, 0.25) is 0 Å². The molecule has 1 N–H and O–H groups in total. The van der Waals surface area contributed by atoms with Crippen LogP contribution < -0.4 is 10.2 Å². The maximum atomic E-state index is 3.63. The highest BCUT2D eigenvalue weighted by Crippen LogP contribution is 2.33. The summed E-state index contributed by atoms with van der Waals surface area (Å²) in [5, 5.41) is 3.63. The highest BCUT2D eigenvalue weighted by molar-refractivity contribution is 5.55. The zero-order valence-electron chi connectivity index (χ0n) is 14.2. The molecule has 1 unspecified atom stereocenters. The third-order valence-corrected chi connectivity index (χ3v) is 5.08. The van der Waals surface area contributed by atoms with E-state index in [2.05, 4.69) is 62.3 Å². The standard InChI is InChI=1S/C19H32N2/c1-5-18(20-6-2)17-9-7-8-10-19(17)21(4)16-13-11-15(3)12-14-16/h7-10,15-16,18,20H,5-6,11-14H2,1-4H3. The van der Waals surface area contributed by atoms with E-state index in [1.54, 1.807) is 0 Å². The van der Waals surface area contributed by atoms with E-state index in [1.165, 1.54) is 36.9 Å². The normalized spacial score (nSPS) is 23.8. The van der Waals surface area contributed by atoms with Crippen LogP contribution in [0.3, 0.4) is 0 Å². The van der Waals surface area contributed by atoms with Crippen molar-refractivity contribution in [3.63, 3.8) is 0 Å². The molecule has 1 fully saturated rings. The van der Waals surface area contributed by atoms with Crippen molar-refractivity contribution in [2.45, 2.75) is 65.0 Å². The van der Waals surface area contributed by atoms with E-state index in [0.29, 0.717) is 12.1 Å². The molecule has 2 rings (SSSR count). The smallest absolute Gasteiger partial charge is 0.0414 e. The molecule has 2 nitrogen and oxygen atoms in total. The lowest BCUT2D eigenvalue weighted by Gasteiger charge is -2.37. The quantitative estimate of drug-likeness (QED) is 0.811. The third kappa shape index (κ3) is 4.00. The van der Waals surface area contributed by atoms with Gasteiger partial charge in [-0.3, -0.25) is 0 Å². The summed E-state index contributed by atoms with van der Waals surface area (Å²) in [6.07, 6.45) is 6.57. The summed E-state index contributed by atoms with van der Waals surface area (Å²) < 4.78 is 0. The second-order valence-corrected chi connectivity index (χ2v) is 6.60. The number of rotatable bonds is 6. The summed E-state index contributed by atoms with van der Waals surface area (Å²) in [5.41, 5.74) is 2.88. The lowest BCUT2D eigenvalue weighted by molar-refractivity contribution is 0.340. The summed E-state index contributed by atoms with van der Waals surface area (Å²) in [7, 11) is 2.29. The molecule has 0 spiro atoms. The Morgan fingerprint density at radius 3 is 2.43 bits per heavy atom. The molecule has 1 aliphatic rings. The topological polar surface area (TPSA) is 15.3 Å². The molecule has 21 heavy (non-hydrogen) atoms. The highest BCUT2D eigenvalue weighted by atomic mass is 15.1. The Balaban J connectivity index is 2.18. The van der Waals surface area contributed by atoms with E-state index >= 15 is 0 Å². The monoisotopic (exact) mass is 288 g/mol. The molecule has 2 heteroatoms. The van der Waals surface area contributed by atoms with Crippen molar-refractivity contribution >= 4 is 5.69 Å². The summed E-state index contributed by atoms with van der Waals surface area (Å²) in [6.45, 7) is 7.88. The van der Waals surface area contributed by atoms with Gasteiger partial charge in [-0.2, -0.15) is 0 Å². The lowest BCUT2D eigenvalue weighted by Crippen LogP contribution is -2.36. The van der Waals surface area contributed by atoms with Gasteiger partial charge >= 0.3 is 0 Å². The van der Waals surface area contributed by atoms with Crippen LogP contribution in [0.2, 0.25) is 0 Å². The minimum atomic E-state index is 0.469. The second kappa shape index (κ2) is 7.84. The fraction of sp³-hybridized carbons (Fsp3) is 0.684. The minimum Gasteiger partial charge on any atom is -0.371 e. The molecule has 0 bridgehead atoms. The van der Waals surface area contributed by atoms with Gasteiger partial charge in [-0.25, -0.2) is 0 Å². The molecular weight excluding hydrogens is 256 g/mol. The van der Waals surface area contributed by atoms with Crippen LogP contribution in [0.15, 0.2) is 24.3 Å². The first-order valence-electron chi connectivity index (χ1n) is 8.72. The van der Waals surface area contributed by atoms with Crippen molar-refractivity contribution in [1.29, 1.82) is 0 Å². The SMILES string of the molecule is CCNC(CC)c1ccccc1N(C)C1CCC(C)CC1. The molecule has 1 atom stereocenters. The van der Waals surface area contributed by atoms with E-state index in [1.807, 2.05) is 0 Å². The Bertz CT molecular complexity index is 421. The Hall–Kier alpha value is -1.02. The van der Waals surface area contributed by atoms with E-state index in [-0.39, 0.29) is 0 Å². The highest BCUT2D eigenvalue weighted by Gasteiger charge is 2.24. The first kappa shape index (κ1) is 16.4. The van der Waals surface area contributed by atoms with Crippen LogP contribution in [0.5, 0.6) is 0 Å². The lowest BCUT2D eigenvalue weighted by atomic mass is 9.86. The van der Waals surface area contributed by atoms with Crippen LogP contribution in [0.25, 0.3) is 0 Å². The summed E-state index contributed by atoms with van der Waals surface area (Å²) in [5.74, 6) is 0.912. The van der Waals surface area contributed by atoms with Crippen molar-refractivity contribution in [2.75, 3.05) is 18.5 Å². The average Bonchev–Trinajstić information content (AvgIpc) is 2.53. The van der Waals surface area contributed by atoms with E-state index in [0.717, 1.165) is 18.9 Å². The first-order chi connectivity index (χ1) is 10.2. The number of benzene rings is 1. The van der Waals surface area contributed by atoms with Gasteiger partial charge in [-0.05, 0) is 56.2 Å². The zero-order chi connectivity index (χ0) is 15.2. The van der Waals surface area contributed by atoms with Crippen LogP contribution in [0.1, 0.15) is 64.5 Å². The van der Waals surface area contributed by atoms with Gasteiger partial charge in [0.25, 0.3) is 0 Å². The molecule has 0 aliphatic heterocycles. The molecule has 0 aromatic heterocycles. The number of anilines is 1. The van der Waals surface area contributed by atoms with Crippen LogP contribution in [-0.2, 0) is 0 Å². The molecule has 118 valence electrons. The van der Waals surface area contributed by atoms with Crippen LogP contribution in [0.4, 0.5) is 5.69 Å². The van der Waals surface area contributed by atoms with Crippen molar-refractivity contribution in [3.05, 3.63) is 29.8 Å². The molecule has 1 aromatic rings.